The lowest BCUT2D eigenvalue weighted by Gasteiger charge is -2.14. The Hall–Kier alpha value is -2.90. The zero-order chi connectivity index (χ0) is 22.1. The standard InChI is InChI=1S/C24H23N3O2S2/c1-14-10-15(2)12-18(11-14)27-23(29)22-19(8-9-30-22)25-24(27)31-13-20(28)26-21-16(3)6-5-7-17(21)4/h5-12H,13H2,1-4H3,(H,26,28). The van der Waals surface area contributed by atoms with Gasteiger partial charge in [-0.15, -0.1) is 11.3 Å². The number of thioether (sulfide) groups is 1. The topological polar surface area (TPSA) is 64.0 Å². The summed E-state index contributed by atoms with van der Waals surface area (Å²) in [6.07, 6.45) is 0. The Kier molecular flexibility index (Phi) is 5.98. The van der Waals surface area contributed by atoms with E-state index in [2.05, 4.69) is 11.4 Å². The summed E-state index contributed by atoms with van der Waals surface area (Å²) in [5.74, 6) is 0.0229. The van der Waals surface area contributed by atoms with Gasteiger partial charge in [-0.25, -0.2) is 4.98 Å². The number of aryl methyl sites for hydroxylation is 4. The smallest absolute Gasteiger partial charge is 0.276 e. The highest BCUT2D eigenvalue weighted by Crippen LogP contribution is 2.25. The summed E-state index contributed by atoms with van der Waals surface area (Å²) in [4.78, 5) is 30.7. The minimum Gasteiger partial charge on any atom is -0.325 e. The number of hydrogen-bond donors (Lipinski definition) is 1. The van der Waals surface area contributed by atoms with E-state index in [1.165, 1.54) is 23.1 Å². The maximum absolute atomic E-state index is 13.3. The Morgan fingerprint density at radius 3 is 2.42 bits per heavy atom. The van der Waals surface area contributed by atoms with Crippen molar-refractivity contribution in [2.75, 3.05) is 11.1 Å². The SMILES string of the molecule is Cc1cc(C)cc(-n2c(SCC(=O)Nc3c(C)cccc3C)nc3ccsc3c2=O)c1. The van der Waals surface area contributed by atoms with Gasteiger partial charge in [0.15, 0.2) is 5.16 Å². The van der Waals surface area contributed by atoms with Crippen LogP contribution in [0.25, 0.3) is 15.9 Å². The Balaban J connectivity index is 1.68. The molecule has 0 aliphatic carbocycles. The molecule has 7 heteroatoms. The van der Waals surface area contributed by atoms with Gasteiger partial charge in [0.1, 0.15) is 4.70 Å². The zero-order valence-corrected chi connectivity index (χ0v) is 19.5. The van der Waals surface area contributed by atoms with Gasteiger partial charge in [-0.3, -0.25) is 14.2 Å². The van der Waals surface area contributed by atoms with Crippen LogP contribution in [0.3, 0.4) is 0 Å². The summed E-state index contributed by atoms with van der Waals surface area (Å²) >= 11 is 2.65. The van der Waals surface area contributed by atoms with Gasteiger partial charge in [-0.1, -0.05) is 36.0 Å². The van der Waals surface area contributed by atoms with Crippen molar-refractivity contribution < 1.29 is 4.79 Å². The van der Waals surface area contributed by atoms with Crippen LogP contribution in [0.15, 0.2) is 57.8 Å². The number of aromatic nitrogens is 2. The van der Waals surface area contributed by atoms with E-state index in [4.69, 9.17) is 4.98 Å². The lowest BCUT2D eigenvalue weighted by molar-refractivity contribution is -0.113. The molecule has 0 saturated carbocycles. The van der Waals surface area contributed by atoms with Crippen LogP contribution in [0, 0.1) is 27.7 Å². The molecular weight excluding hydrogens is 426 g/mol. The number of benzene rings is 2. The van der Waals surface area contributed by atoms with Gasteiger partial charge >= 0.3 is 0 Å². The van der Waals surface area contributed by atoms with Crippen molar-refractivity contribution in [3.05, 3.63) is 80.5 Å². The summed E-state index contributed by atoms with van der Waals surface area (Å²) in [5, 5.41) is 5.38. The molecule has 158 valence electrons. The number of nitrogens with one attached hydrogen (secondary N) is 1. The molecule has 0 bridgehead atoms. The number of anilines is 1. The molecule has 4 rings (SSSR count). The largest absolute Gasteiger partial charge is 0.325 e. The first-order valence-corrected chi connectivity index (χ1v) is 11.8. The highest BCUT2D eigenvalue weighted by atomic mass is 32.2. The Morgan fingerprint density at radius 1 is 1.06 bits per heavy atom. The average Bonchev–Trinajstić information content (AvgIpc) is 3.17. The third-order valence-electron chi connectivity index (χ3n) is 4.99. The minimum absolute atomic E-state index is 0.109. The van der Waals surface area contributed by atoms with E-state index in [-0.39, 0.29) is 17.2 Å². The Labute approximate surface area is 189 Å². The molecule has 0 radical (unpaired) electrons. The lowest BCUT2D eigenvalue weighted by atomic mass is 10.1. The van der Waals surface area contributed by atoms with E-state index < -0.39 is 0 Å². The summed E-state index contributed by atoms with van der Waals surface area (Å²) in [7, 11) is 0. The number of thiophene rings is 1. The Bertz CT molecular complexity index is 1310. The molecule has 0 aliphatic rings. The summed E-state index contributed by atoms with van der Waals surface area (Å²) < 4.78 is 2.24. The van der Waals surface area contributed by atoms with E-state index in [0.29, 0.717) is 15.4 Å². The van der Waals surface area contributed by atoms with E-state index in [1.807, 2.05) is 69.5 Å². The number of fused-ring (bicyclic) bond motifs is 1. The van der Waals surface area contributed by atoms with Crippen molar-refractivity contribution in [2.45, 2.75) is 32.9 Å². The maximum Gasteiger partial charge on any atom is 0.276 e. The monoisotopic (exact) mass is 449 g/mol. The van der Waals surface area contributed by atoms with Gasteiger partial charge in [0.05, 0.1) is 17.0 Å². The molecule has 0 saturated heterocycles. The number of amides is 1. The van der Waals surface area contributed by atoms with E-state index in [9.17, 15) is 9.59 Å². The predicted octanol–water partition coefficient (Wildman–Crippen LogP) is 5.41. The summed E-state index contributed by atoms with van der Waals surface area (Å²) in [5.41, 5.74) is 6.32. The number of hydrogen-bond acceptors (Lipinski definition) is 5. The molecule has 0 atom stereocenters. The van der Waals surface area contributed by atoms with Crippen molar-refractivity contribution in [2.24, 2.45) is 0 Å². The highest BCUT2D eigenvalue weighted by Gasteiger charge is 2.17. The molecule has 2 aromatic heterocycles. The van der Waals surface area contributed by atoms with Gasteiger partial charge in [0.2, 0.25) is 5.91 Å². The van der Waals surface area contributed by atoms with Crippen molar-refractivity contribution in [3.63, 3.8) is 0 Å². The van der Waals surface area contributed by atoms with Gasteiger partial charge in [-0.2, -0.15) is 0 Å². The van der Waals surface area contributed by atoms with E-state index in [1.54, 1.807) is 4.57 Å². The van der Waals surface area contributed by atoms with Crippen LogP contribution in [-0.4, -0.2) is 21.2 Å². The van der Waals surface area contributed by atoms with E-state index >= 15 is 0 Å². The number of nitrogens with zero attached hydrogens (tertiary/aromatic N) is 2. The second kappa shape index (κ2) is 8.69. The normalized spacial score (nSPS) is 11.1. The summed E-state index contributed by atoms with van der Waals surface area (Å²) in [6, 6.07) is 13.8. The van der Waals surface area contributed by atoms with Crippen LogP contribution < -0.4 is 10.9 Å². The van der Waals surface area contributed by atoms with Crippen LogP contribution in [0.4, 0.5) is 5.69 Å². The van der Waals surface area contributed by atoms with Gasteiger partial charge in [0.25, 0.3) is 5.56 Å². The molecular formula is C24H23N3O2S2. The maximum atomic E-state index is 13.3. The van der Waals surface area contributed by atoms with Gasteiger partial charge in [0, 0.05) is 5.69 Å². The number of carbonyl (C=O) groups excluding carboxylic acids is 1. The second-order valence-electron chi connectivity index (χ2n) is 7.62. The highest BCUT2D eigenvalue weighted by molar-refractivity contribution is 7.99. The lowest BCUT2D eigenvalue weighted by Crippen LogP contribution is -2.22. The average molecular weight is 450 g/mol. The fourth-order valence-electron chi connectivity index (χ4n) is 3.61. The van der Waals surface area contributed by atoms with E-state index in [0.717, 1.165) is 33.6 Å². The third-order valence-corrected chi connectivity index (χ3v) is 6.82. The fraction of sp³-hybridized carbons (Fsp3) is 0.208. The number of rotatable bonds is 5. The molecule has 2 heterocycles. The quantitative estimate of drug-likeness (QED) is 0.327. The fourth-order valence-corrected chi connectivity index (χ4v) is 5.19. The molecule has 31 heavy (non-hydrogen) atoms. The van der Waals surface area contributed by atoms with Crippen molar-refractivity contribution in [1.29, 1.82) is 0 Å². The third kappa shape index (κ3) is 4.43. The molecule has 0 aliphatic heterocycles. The van der Waals surface area contributed by atoms with Crippen LogP contribution in [0.2, 0.25) is 0 Å². The van der Waals surface area contributed by atoms with Crippen LogP contribution in [0.5, 0.6) is 0 Å². The molecule has 4 aromatic rings. The van der Waals surface area contributed by atoms with Crippen molar-refractivity contribution >= 4 is 44.9 Å². The minimum atomic E-state index is -0.131. The molecule has 0 fully saturated rings. The van der Waals surface area contributed by atoms with Crippen LogP contribution >= 0.6 is 23.1 Å². The molecule has 0 spiro atoms. The number of carbonyl (C=O) groups is 1. The van der Waals surface area contributed by atoms with Crippen molar-refractivity contribution in [3.8, 4) is 5.69 Å². The van der Waals surface area contributed by atoms with Crippen molar-refractivity contribution in [1.82, 2.24) is 9.55 Å². The van der Waals surface area contributed by atoms with Gasteiger partial charge < -0.3 is 5.32 Å². The molecule has 1 N–H and O–H groups in total. The second-order valence-corrected chi connectivity index (χ2v) is 9.48. The molecule has 5 nitrogen and oxygen atoms in total. The first-order valence-electron chi connectivity index (χ1n) is 9.91. The molecule has 0 unspecified atom stereocenters. The first kappa shape index (κ1) is 21.3. The zero-order valence-electron chi connectivity index (χ0n) is 17.9. The molecule has 2 aromatic carbocycles. The van der Waals surface area contributed by atoms with Crippen LogP contribution in [-0.2, 0) is 4.79 Å². The Morgan fingerprint density at radius 2 is 1.74 bits per heavy atom. The predicted molar refractivity (Wildman–Crippen MR) is 130 cm³/mol. The first-order chi connectivity index (χ1) is 14.8. The van der Waals surface area contributed by atoms with Crippen LogP contribution in [0.1, 0.15) is 22.3 Å². The number of para-hydroxylation sites is 1. The molecule has 1 amide bonds. The summed E-state index contributed by atoms with van der Waals surface area (Å²) in [6.45, 7) is 7.95. The van der Waals surface area contributed by atoms with Gasteiger partial charge in [-0.05, 0) is 73.5 Å².